The Balaban J connectivity index is 1.69. The van der Waals surface area contributed by atoms with E-state index in [1.54, 1.807) is 6.07 Å². The Kier molecular flexibility index (Phi) is 3.50. The first-order valence-corrected chi connectivity index (χ1v) is 7.03. The molecule has 3 atom stereocenters. The highest BCUT2D eigenvalue weighted by molar-refractivity contribution is 5.27. The minimum Gasteiger partial charge on any atom is -0.387 e. The molecule has 5 heteroatoms. The van der Waals surface area contributed by atoms with Crippen LogP contribution in [0.25, 0.3) is 0 Å². The number of β-amino-alcohol motifs (C(OH)–C–C–N with tert-alkyl or cyclic N) is 1. The third-order valence-electron chi connectivity index (χ3n) is 4.53. The van der Waals surface area contributed by atoms with Crippen molar-refractivity contribution in [3.05, 3.63) is 35.4 Å². The van der Waals surface area contributed by atoms with Gasteiger partial charge in [0.25, 0.3) is 0 Å². The number of hydrogen-bond donors (Lipinski definition) is 1. The molecule has 1 saturated carbocycles. The Morgan fingerprint density at radius 2 is 2.10 bits per heavy atom. The first-order chi connectivity index (χ1) is 9.43. The summed E-state index contributed by atoms with van der Waals surface area (Å²) in [5, 5.41) is 10.2. The van der Waals surface area contributed by atoms with Crippen molar-refractivity contribution in [3.8, 4) is 0 Å². The second-order valence-electron chi connectivity index (χ2n) is 5.93. The summed E-state index contributed by atoms with van der Waals surface area (Å²) in [5.41, 5.74) is -0.348. The molecule has 1 saturated heterocycles. The highest BCUT2D eigenvalue weighted by atomic mass is 19.4. The van der Waals surface area contributed by atoms with Gasteiger partial charge in [0, 0.05) is 19.1 Å². The molecule has 1 aromatic carbocycles. The number of hydrogen-bond acceptors (Lipinski definition) is 2. The highest BCUT2D eigenvalue weighted by Crippen LogP contribution is 2.38. The van der Waals surface area contributed by atoms with Crippen LogP contribution in [-0.2, 0) is 6.18 Å². The molecule has 0 aromatic heterocycles. The van der Waals surface area contributed by atoms with Crippen LogP contribution in [0.3, 0.4) is 0 Å². The summed E-state index contributed by atoms with van der Waals surface area (Å²) in [4.78, 5) is 2.22. The number of benzene rings is 1. The van der Waals surface area contributed by atoms with Crippen LogP contribution in [0.5, 0.6) is 0 Å². The maximum absolute atomic E-state index is 12.7. The molecule has 20 heavy (non-hydrogen) atoms. The van der Waals surface area contributed by atoms with E-state index in [2.05, 4.69) is 4.90 Å². The highest BCUT2D eigenvalue weighted by Gasteiger charge is 2.38. The van der Waals surface area contributed by atoms with Gasteiger partial charge in [-0.1, -0.05) is 12.1 Å². The predicted octanol–water partition coefficient (Wildman–Crippen LogP) is 3.22. The van der Waals surface area contributed by atoms with Crippen LogP contribution >= 0.6 is 0 Å². The SMILES string of the molecule is OC(CN1CC2CCC1C2)c1cccc(C(F)(F)F)c1. The van der Waals surface area contributed by atoms with Crippen LogP contribution < -0.4 is 0 Å². The van der Waals surface area contributed by atoms with Crippen LogP contribution in [0.4, 0.5) is 13.2 Å². The van der Waals surface area contributed by atoms with E-state index in [1.165, 1.54) is 18.9 Å². The number of alkyl halides is 3. The summed E-state index contributed by atoms with van der Waals surface area (Å²) >= 11 is 0. The Morgan fingerprint density at radius 3 is 2.70 bits per heavy atom. The Bertz CT molecular complexity index is 488. The van der Waals surface area contributed by atoms with Gasteiger partial charge in [-0.15, -0.1) is 0 Å². The molecule has 2 fully saturated rings. The zero-order valence-corrected chi connectivity index (χ0v) is 11.1. The standard InChI is InChI=1S/C15H18F3NO/c16-15(17,18)12-3-1-2-11(7-12)14(20)9-19-8-10-4-5-13(19)6-10/h1-3,7,10,13-14,20H,4-6,8-9H2. The van der Waals surface area contributed by atoms with E-state index in [0.717, 1.165) is 25.1 Å². The number of rotatable bonds is 3. The first kappa shape index (κ1) is 13.9. The number of fused-ring (bicyclic) bond motifs is 2. The molecule has 2 bridgehead atoms. The normalized spacial score (nSPS) is 28.0. The van der Waals surface area contributed by atoms with Gasteiger partial charge in [-0.3, -0.25) is 4.90 Å². The summed E-state index contributed by atoms with van der Waals surface area (Å²) in [6.45, 7) is 1.41. The second kappa shape index (κ2) is 5.04. The maximum atomic E-state index is 12.7. The lowest BCUT2D eigenvalue weighted by Crippen LogP contribution is -2.35. The summed E-state index contributed by atoms with van der Waals surface area (Å²) in [6.07, 6.45) is -1.63. The quantitative estimate of drug-likeness (QED) is 0.921. The van der Waals surface area contributed by atoms with Crippen LogP contribution in [0, 0.1) is 5.92 Å². The molecule has 0 spiro atoms. The molecule has 1 N–H and O–H groups in total. The van der Waals surface area contributed by atoms with Gasteiger partial charge in [-0.25, -0.2) is 0 Å². The van der Waals surface area contributed by atoms with E-state index < -0.39 is 17.8 Å². The lowest BCUT2D eigenvalue weighted by Gasteiger charge is -2.29. The molecule has 2 nitrogen and oxygen atoms in total. The number of aliphatic hydroxyl groups is 1. The monoisotopic (exact) mass is 285 g/mol. The molecule has 1 aliphatic carbocycles. The minimum atomic E-state index is -4.36. The summed E-state index contributed by atoms with van der Waals surface area (Å²) in [5.74, 6) is 0.716. The van der Waals surface area contributed by atoms with E-state index >= 15 is 0 Å². The third-order valence-corrected chi connectivity index (χ3v) is 4.53. The number of piperidine rings is 1. The Labute approximate surface area is 116 Å². The van der Waals surface area contributed by atoms with E-state index in [9.17, 15) is 18.3 Å². The van der Waals surface area contributed by atoms with Crippen molar-refractivity contribution >= 4 is 0 Å². The van der Waals surface area contributed by atoms with E-state index in [4.69, 9.17) is 0 Å². The topological polar surface area (TPSA) is 23.5 Å². The molecule has 1 heterocycles. The smallest absolute Gasteiger partial charge is 0.387 e. The van der Waals surface area contributed by atoms with Crippen LogP contribution in [-0.4, -0.2) is 29.1 Å². The van der Waals surface area contributed by atoms with E-state index in [0.29, 0.717) is 24.1 Å². The minimum absolute atomic E-state index is 0.350. The summed E-state index contributed by atoms with van der Waals surface area (Å²) < 4.78 is 38.0. The predicted molar refractivity (Wildman–Crippen MR) is 69.1 cm³/mol. The van der Waals surface area contributed by atoms with Crippen molar-refractivity contribution < 1.29 is 18.3 Å². The van der Waals surface area contributed by atoms with Gasteiger partial charge in [-0.2, -0.15) is 13.2 Å². The zero-order valence-electron chi connectivity index (χ0n) is 11.1. The number of halogens is 3. The Hall–Kier alpha value is -1.07. The van der Waals surface area contributed by atoms with Crippen molar-refractivity contribution in [2.75, 3.05) is 13.1 Å². The average Bonchev–Trinajstić information content (AvgIpc) is 3.00. The van der Waals surface area contributed by atoms with Crippen molar-refractivity contribution in [2.45, 2.75) is 37.6 Å². The lowest BCUT2D eigenvalue weighted by atomic mass is 10.0. The van der Waals surface area contributed by atoms with Crippen molar-refractivity contribution in [3.63, 3.8) is 0 Å². The van der Waals surface area contributed by atoms with Gasteiger partial charge in [0.2, 0.25) is 0 Å². The van der Waals surface area contributed by atoms with Gasteiger partial charge in [0.15, 0.2) is 0 Å². The lowest BCUT2D eigenvalue weighted by molar-refractivity contribution is -0.137. The number of likely N-dealkylation sites (tertiary alicyclic amines) is 1. The molecule has 3 rings (SSSR count). The maximum Gasteiger partial charge on any atom is 0.416 e. The van der Waals surface area contributed by atoms with Crippen molar-refractivity contribution in [2.24, 2.45) is 5.92 Å². The van der Waals surface area contributed by atoms with Crippen LogP contribution in [0.15, 0.2) is 24.3 Å². The second-order valence-corrected chi connectivity index (χ2v) is 5.93. The van der Waals surface area contributed by atoms with Crippen molar-refractivity contribution in [1.82, 2.24) is 4.90 Å². The van der Waals surface area contributed by atoms with Crippen LogP contribution in [0.2, 0.25) is 0 Å². The molecule has 3 unspecified atom stereocenters. The first-order valence-electron chi connectivity index (χ1n) is 7.03. The Morgan fingerprint density at radius 1 is 1.30 bits per heavy atom. The molecule has 0 amide bonds. The zero-order chi connectivity index (χ0) is 14.3. The van der Waals surface area contributed by atoms with Crippen LogP contribution in [0.1, 0.15) is 36.5 Å². The number of aliphatic hydroxyl groups excluding tert-OH is 1. The fourth-order valence-electron chi connectivity index (χ4n) is 3.50. The molecular formula is C15H18F3NO. The molecule has 110 valence electrons. The molecule has 0 radical (unpaired) electrons. The summed E-state index contributed by atoms with van der Waals surface area (Å²) in [6, 6.07) is 5.53. The van der Waals surface area contributed by atoms with Gasteiger partial charge in [0.05, 0.1) is 11.7 Å². The van der Waals surface area contributed by atoms with E-state index in [-0.39, 0.29) is 0 Å². The fourth-order valence-corrected chi connectivity index (χ4v) is 3.50. The largest absolute Gasteiger partial charge is 0.416 e. The molecular weight excluding hydrogens is 267 g/mol. The third kappa shape index (κ3) is 2.69. The molecule has 1 aromatic rings. The van der Waals surface area contributed by atoms with Gasteiger partial charge in [-0.05, 0) is 42.9 Å². The van der Waals surface area contributed by atoms with Crippen molar-refractivity contribution in [1.29, 1.82) is 0 Å². The number of nitrogens with zero attached hydrogens (tertiary/aromatic N) is 1. The van der Waals surface area contributed by atoms with Gasteiger partial charge < -0.3 is 5.11 Å². The molecule has 2 aliphatic rings. The average molecular weight is 285 g/mol. The fraction of sp³-hybridized carbons (Fsp3) is 0.600. The summed E-state index contributed by atoms with van der Waals surface area (Å²) in [7, 11) is 0. The van der Waals surface area contributed by atoms with Gasteiger partial charge in [0.1, 0.15) is 0 Å². The van der Waals surface area contributed by atoms with E-state index in [1.807, 2.05) is 0 Å². The molecule has 1 aliphatic heterocycles. The van der Waals surface area contributed by atoms with Gasteiger partial charge >= 0.3 is 6.18 Å².